The number of piperidine rings is 2. The van der Waals surface area contributed by atoms with Gasteiger partial charge in [0.1, 0.15) is 17.8 Å². The molecule has 2 saturated heterocycles. The van der Waals surface area contributed by atoms with E-state index in [0.29, 0.717) is 42.1 Å². The van der Waals surface area contributed by atoms with Gasteiger partial charge in [-0.15, -0.1) is 6.42 Å². The van der Waals surface area contributed by atoms with Crippen LogP contribution in [-0.2, 0) is 10.0 Å². The molecule has 1 aromatic rings. The second-order valence-electron chi connectivity index (χ2n) is 11.2. The van der Waals surface area contributed by atoms with Crippen molar-refractivity contribution < 1.29 is 13.2 Å². The molecule has 3 aliphatic rings. The Kier molecular flexibility index (Phi) is 9.09. The molecular weight excluding hydrogens is 488 g/mol. The first kappa shape index (κ1) is 27.8. The predicted octanol–water partition coefficient (Wildman–Crippen LogP) is 2.66. The summed E-state index contributed by atoms with van der Waals surface area (Å²) in [5, 5.41) is 3.41. The van der Waals surface area contributed by atoms with Gasteiger partial charge in [-0.3, -0.25) is 4.79 Å². The van der Waals surface area contributed by atoms with Gasteiger partial charge in [-0.25, -0.2) is 22.7 Å². The van der Waals surface area contributed by atoms with Crippen LogP contribution in [0.3, 0.4) is 0 Å². The highest BCUT2D eigenvalue weighted by Crippen LogP contribution is 2.29. The molecule has 1 N–H and O–H groups in total. The van der Waals surface area contributed by atoms with Crippen LogP contribution < -0.4 is 5.32 Å². The number of anilines is 1. The zero-order valence-corrected chi connectivity index (χ0v) is 23.3. The number of nitrogens with zero attached hydrogens (tertiary/aromatic N) is 5. The zero-order valence-electron chi connectivity index (χ0n) is 22.5. The Morgan fingerprint density at radius 3 is 2.46 bits per heavy atom. The average molecular weight is 531 g/mol. The van der Waals surface area contributed by atoms with Gasteiger partial charge in [0.25, 0.3) is 5.91 Å². The van der Waals surface area contributed by atoms with Crippen molar-refractivity contribution in [3.05, 3.63) is 17.6 Å². The van der Waals surface area contributed by atoms with E-state index >= 15 is 0 Å². The van der Waals surface area contributed by atoms with Gasteiger partial charge in [0.15, 0.2) is 0 Å². The van der Waals surface area contributed by atoms with Gasteiger partial charge >= 0.3 is 0 Å². The van der Waals surface area contributed by atoms with Crippen molar-refractivity contribution in [3.63, 3.8) is 0 Å². The molecular formula is C27H42N6O3S. The van der Waals surface area contributed by atoms with E-state index in [1.54, 1.807) is 7.05 Å². The Morgan fingerprint density at radius 2 is 1.84 bits per heavy atom. The summed E-state index contributed by atoms with van der Waals surface area (Å²) in [6.45, 7) is 6.19. The van der Waals surface area contributed by atoms with Crippen LogP contribution in [0.4, 0.5) is 5.82 Å². The standard InChI is InChI=1S/C27H42N6O3S/c1-5-24-25(29-19-30-26(24)28-18-21-8-6-7-20(2)17-21)27(34)33-15-11-23(12-16-33)32-13-9-22(10-14-32)31(3)37(4,35)36/h1,19-23H,6-18H2,2-4H3,(H,28,29,30). The molecule has 37 heavy (non-hydrogen) atoms. The molecule has 2 unspecified atom stereocenters. The van der Waals surface area contributed by atoms with Gasteiger partial charge in [0.05, 0.1) is 11.8 Å². The summed E-state index contributed by atoms with van der Waals surface area (Å²) >= 11 is 0. The van der Waals surface area contributed by atoms with E-state index in [-0.39, 0.29) is 11.9 Å². The summed E-state index contributed by atoms with van der Waals surface area (Å²) in [6.07, 6.45) is 17.0. The zero-order chi connectivity index (χ0) is 26.6. The number of hydrogen-bond acceptors (Lipinski definition) is 7. The van der Waals surface area contributed by atoms with Crippen LogP contribution in [0.25, 0.3) is 0 Å². The molecule has 9 nitrogen and oxygen atoms in total. The predicted molar refractivity (Wildman–Crippen MR) is 146 cm³/mol. The molecule has 204 valence electrons. The Bertz CT molecular complexity index is 1090. The van der Waals surface area contributed by atoms with Crippen molar-refractivity contribution in [2.24, 2.45) is 11.8 Å². The molecule has 0 spiro atoms. The first-order valence-electron chi connectivity index (χ1n) is 13.7. The molecule has 0 aromatic carbocycles. The first-order valence-corrected chi connectivity index (χ1v) is 15.5. The quantitative estimate of drug-likeness (QED) is 0.541. The molecule has 0 bridgehead atoms. The van der Waals surface area contributed by atoms with Crippen LogP contribution >= 0.6 is 0 Å². The Hall–Kier alpha value is -2.22. The highest BCUT2D eigenvalue weighted by molar-refractivity contribution is 7.88. The van der Waals surface area contributed by atoms with E-state index in [2.05, 4.69) is 33.0 Å². The monoisotopic (exact) mass is 530 g/mol. The average Bonchev–Trinajstić information content (AvgIpc) is 2.90. The SMILES string of the molecule is C#Cc1c(NCC2CCCC(C)C2)ncnc1C(=O)N1CCC(N2CCC(N(C)S(C)(=O)=O)CC2)CC1. The highest BCUT2D eigenvalue weighted by Gasteiger charge is 2.33. The van der Waals surface area contributed by atoms with Gasteiger partial charge in [-0.2, -0.15) is 0 Å². The maximum atomic E-state index is 13.4. The first-order chi connectivity index (χ1) is 17.7. The van der Waals surface area contributed by atoms with Gasteiger partial charge in [-0.05, 0) is 63.5 Å². The van der Waals surface area contributed by atoms with Crippen molar-refractivity contribution >= 4 is 21.7 Å². The number of rotatable bonds is 7. The maximum absolute atomic E-state index is 13.4. The van der Waals surface area contributed by atoms with E-state index in [1.165, 1.54) is 42.6 Å². The fourth-order valence-electron chi connectivity index (χ4n) is 6.27. The summed E-state index contributed by atoms with van der Waals surface area (Å²) in [5.74, 6) is 4.47. The number of terminal acetylenes is 1. The fourth-order valence-corrected chi connectivity index (χ4v) is 7.03. The Morgan fingerprint density at radius 1 is 1.14 bits per heavy atom. The minimum absolute atomic E-state index is 0.0668. The van der Waals surface area contributed by atoms with Crippen LogP contribution in [0.1, 0.15) is 74.3 Å². The van der Waals surface area contributed by atoms with Crippen molar-refractivity contribution in [3.8, 4) is 12.3 Å². The minimum atomic E-state index is -3.17. The lowest BCUT2D eigenvalue weighted by atomic mass is 9.82. The molecule has 10 heteroatoms. The number of likely N-dealkylation sites (tertiary alicyclic amines) is 2. The van der Waals surface area contributed by atoms with E-state index in [9.17, 15) is 13.2 Å². The van der Waals surface area contributed by atoms with E-state index in [0.717, 1.165) is 51.2 Å². The number of carbonyl (C=O) groups excluding carboxylic acids is 1. The van der Waals surface area contributed by atoms with Crippen LogP contribution in [0.5, 0.6) is 0 Å². The molecule has 3 heterocycles. The number of aromatic nitrogens is 2. The summed E-state index contributed by atoms with van der Waals surface area (Å²) in [5.41, 5.74) is 0.760. The third-order valence-corrected chi connectivity index (χ3v) is 9.95. The lowest BCUT2D eigenvalue weighted by Crippen LogP contribution is -2.52. The van der Waals surface area contributed by atoms with E-state index in [4.69, 9.17) is 6.42 Å². The summed E-state index contributed by atoms with van der Waals surface area (Å²) in [7, 11) is -1.49. The number of sulfonamides is 1. The molecule has 1 amide bonds. The number of nitrogens with one attached hydrogen (secondary N) is 1. The van der Waals surface area contributed by atoms with Crippen LogP contribution in [0, 0.1) is 24.2 Å². The lowest BCUT2D eigenvalue weighted by Gasteiger charge is -2.43. The summed E-state index contributed by atoms with van der Waals surface area (Å²) < 4.78 is 25.2. The van der Waals surface area contributed by atoms with Crippen molar-refractivity contribution in [1.82, 2.24) is 24.1 Å². The number of amides is 1. The second-order valence-corrected chi connectivity index (χ2v) is 13.2. The van der Waals surface area contributed by atoms with Gasteiger partial charge in [0.2, 0.25) is 10.0 Å². The molecule has 4 rings (SSSR count). The van der Waals surface area contributed by atoms with E-state index in [1.807, 2.05) is 4.90 Å². The van der Waals surface area contributed by atoms with E-state index < -0.39 is 10.0 Å². The van der Waals surface area contributed by atoms with Crippen molar-refractivity contribution in [2.75, 3.05) is 51.3 Å². The number of hydrogen-bond donors (Lipinski definition) is 1. The Balaban J connectivity index is 1.31. The smallest absolute Gasteiger partial charge is 0.273 e. The summed E-state index contributed by atoms with van der Waals surface area (Å²) in [4.78, 5) is 26.4. The Labute approximate surface area is 222 Å². The molecule has 1 aliphatic carbocycles. The third kappa shape index (κ3) is 6.81. The van der Waals surface area contributed by atoms with Gasteiger partial charge < -0.3 is 15.1 Å². The normalized spacial score (nSPS) is 24.7. The maximum Gasteiger partial charge on any atom is 0.273 e. The van der Waals surface area contributed by atoms with Crippen LogP contribution in [0.2, 0.25) is 0 Å². The van der Waals surface area contributed by atoms with Crippen molar-refractivity contribution in [1.29, 1.82) is 0 Å². The van der Waals surface area contributed by atoms with Gasteiger partial charge in [0, 0.05) is 38.8 Å². The highest BCUT2D eigenvalue weighted by atomic mass is 32.2. The largest absolute Gasteiger partial charge is 0.369 e. The molecule has 1 saturated carbocycles. The number of carbonyl (C=O) groups is 1. The lowest BCUT2D eigenvalue weighted by molar-refractivity contribution is 0.0543. The third-order valence-electron chi connectivity index (χ3n) is 8.60. The van der Waals surface area contributed by atoms with Gasteiger partial charge in [-0.1, -0.05) is 25.7 Å². The van der Waals surface area contributed by atoms with Crippen molar-refractivity contribution in [2.45, 2.75) is 70.4 Å². The molecule has 1 aromatic heterocycles. The second kappa shape index (κ2) is 12.1. The molecule has 2 atom stereocenters. The van der Waals surface area contributed by atoms with Crippen LogP contribution in [0.15, 0.2) is 6.33 Å². The molecule has 2 aliphatic heterocycles. The fraction of sp³-hybridized carbons (Fsp3) is 0.741. The molecule has 3 fully saturated rings. The topological polar surface area (TPSA) is 98.7 Å². The van der Waals surface area contributed by atoms with Crippen LogP contribution in [-0.4, -0.2) is 96.5 Å². The summed E-state index contributed by atoms with van der Waals surface area (Å²) in [6, 6.07) is 0.471. The minimum Gasteiger partial charge on any atom is -0.369 e. The molecule has 0 radical (unpaired) electrons.